The van der Waals surface area contributed by atoms with Gasteiger partial charge in [0.05, 0.1) is 0 Å². The summed E-state index contributed by atoms with van der Waals surface area (Å²) in [5, 5.41) is 18.3. The molecule has 1 heterocycles. The van der Waals surface area contributed by atoms with Gasteiger partial charge >= 0.3 is 5.97 Å². The zero-order chi connectivity index (χ0) is 12.6. The molecule has 0 spiro atoms. The highest BCUT2D eigenvalue weighted by atomic mass is 16.4. The summed E-state index contributed by atoms with van der Waals surface area (Å²) in [6, 6.07) is 3.80. The van der Waals surface area contributed by atoms with Crippen molar-refractivity contribution in [3.63, 3.8) is 0 Å². The Bertz CT molecular complexity index is 486. The molecule has 17 heavy (non-hydrogen) atoms. The molecule has 1 amide bonds. The van der Waals surface area contributed by atoms with Gasteiger partial charge in [0.15, 0.2) is 0 Å². The molecule has 1 aromatic carbocycles. The van der Waals surface area contributed by atoms with Crippen molar-refractivity contribution in [3.05, 3.63) is 23.8 Å². The van der Waals surface area contributed by atoms with Crippen LogP contribution in [-0.4, -0.2) is 34.7 Å². The smallest absolute Gasteiger partial charge is 0.339 e. The Morgan fingerprint density at radius 1 is 1.47 bits per heavy atom. The summed E-state index contributed by atoms with van der Waals surface area (Å²) >= 11 is 0. The third kappa shape index (κ3) is 2.07. The number of carboxylic acids is 1. The summed E-state index contributed by atoms with van der Waals surface area (Å²) in [5.41, 5.74) is 5.92. The molecule has 4 N–H and O–H groups in total. The predicted molar refractivity (Wildman–Crippen MR) is 60.0 cm³/mol. The fraction of sp³-hybridized carbons (Fsp3) is 0.273. The van der Waals surface area contributed by atoms with Gasteiger partial charge < -0.3 is 20.8 Å². The van der Waals surface area contributed by atoms with E-state index in [1.807, 2.05) is 0 Å². The Balaban J connectivity index is 2.32. The monoisotopic (exact) mass is 236 g/mol. The van der Waals surface area contributed by atoms with Crippen molar-refractivity contribution in [2.45, 2.75) is 12.5 Å². The van der Waals surface area contributed by atoms with Crippen LogP contribution in [0.4, 0.5) is 5.69 Å². The fourth-order valence-corrected chi connectivity index (χ4v) is 1.85. The Morgan fingerprint density at radius 2 is 2.18 bits per heavy atom. The van der Waals surface area contributed by atoms with Gasteiger partial charge in [-0.05, 0) is 12.1 Å². The number of carbonyl (C=O) groups is 2. The van der Waals surface area contributed by atoms with E-state index in [9.17, 15) is 14.7 Å². The third-order valence-corrected chi connectivity index (χ3v) is 2.68. The first kappa shape index (κ1) is 11.4. The molecule has 1 aliphatic heterocycles. The molecule has 2 rings (SSSR count). The van der Waals surface area contributed by atoms with Crippen LogP contribution in [0.5, 0.6) is 5.75 Å². The number of carboxylic acid groups (broad SMARTS) is 1. The molecular weight excluding hydrogens is 224 g/mol. The van der Waals surface area contributed by atoms with Crippen molar-refractivity contribution in [2.24, 2.45) is 5.73 Å². The van der Waals surface area contributed by atoms with E-state index in [2.05, 4.69) is 0 Å². The second kappa shape index (κ2) is 4.06. The lowest BCUT2D eigenvalue weighted by Gasteiger charge is -2.16. The van der Waals surface area contributed by atoms with Gasteiger partial charge in [-0.1, -0.05) is 0 Å². The van der Waals surface area contributed by atoms with Crippen LogP contribution in [0.1, 0.15) is 16.8 Å². The molecule has 6 heteroatoms. The number of carbonyl (C=O) groups excluding carboxylic acids is 1. The second-order valence-electron chi connectivity index (χ2n) is 3.98. The molecule has 90 valence electrons. The fourth-order valence-electron chi connectivity index (χ4n) is 1.85. The Morgan fingerprint density at radius 3 is 2.65 bits per heavy atom. The van der Waals surface area contributed by atoms with E-state index in [0.29, 0.717) is 12.2 Å². The number of nitrogens with two attached hydrogens (primary N) is 1. The van der Waals surface area contributed by atoms with Crippen LogP contribution < -0.4 is 10.6 Å². The van der Waals surface area contributed by atoms with Crippen molar-refractivity contribution in [1.82, 2.24) is 0 Å². The van der Waals surface area contributed by atoms with Crippen LogP contribution >= 0.6 is 0 Å². The van der Waals surface area contributed by atoms with Crippen molar-refractivity contribution < 1.29 is 19.8 Å². The Hall–Kier alpha value is -2.08. The van der Waals surface area contributed by atoms with Crippen molar-refractivity contribution in [3.8, 4) is 5.75 Å². The molecule has 0 aliphatic carbocycles. The maximum absolute atomic E-state index is 11.6. The van der Waals surface area contributed by atoms with Crippen LogP contribution in [0.2, 0.25) is 0 Å². The molecule has 1 atom stereocenters. The van der Waals surface area contributed by atoms with Gasteiger partial charge in [-0.2, -0.15) is 0 Å². The topological polar surface area (TPSA) is 104 Å². The summed E-state index contributed by atoms with van der Waals surface area (Å²) in [4.78, 5) is 23.7. The number of anilines is 1. The number of aromatic carboxylic acids is 1. The van der Waals surface area contributed by atoms with Crippen molar-refractivity contribution >= 4 is 17.6 Å². The van der Waals surface area contributed by atoms with E-state index >= 15 is 0 Å². The van der Waals surface area contributed by atoms with Gasteiger partial charge in [0, 0.05) is 30.8 Å². The van der Waals surface area contributed by atoms with E-state index < -0.39 is 5.97 Å². The highest BCUT2D eigenvalue weighted by Gasteiger charge is 2.28. The van der Waals surface area contributed by atoms with E-state index in [0.717, 1.165) is 0 Å². The number of benzene rings is 1. The van der Waals surface area contributed by atoms with Crippen LogP contribution in [0.25, 0.3) is 0 Å². The third-order valence-electron chi connectivity index (χ3n) is 2.68. The van der Waals surface area contributed by atoms with E-state index in [1.54, 1.807) is 0 Å². The molecule has 0 aromatic heterocycles. The van der Waals surface area contributed by atoms with E-state index in [1.165, 1.54) is 23.1 Å². The molecule has 0 saturated carbocycles. The molecule has 0 bridgehead atoms. The van der Waals surface area contributed by atoms with Crippen LogP contribution in [0.15, 0.2) is 18.2 Å². The zero-order valence-electron chi connectivity index (χ0n) is 8.96. The Labute approximate surface area is 97.3 Å². The summed E-state index contributed by atoms with van der Waals surface area (Å²) in [7, 11) is 0. The van der Waals surface area contributed by atoms with Gasteiger partial charge in [0.1, 0.15) is 11.3 Å². The first-order chi connectivity index (χ1) is 7.99. The summed E-state index contributed by atoms with van der Waals surface area (Å²) in [6.07, 6.45) is 0.265. The van der Waals surface area contributed by atoms with E-state index in [4.69, 9.17) is 10.8 Å². The molecule has 6 nitrogen and oxygen atoms in total. The SMILES string of the molecule is NC1CC(=O)N(c2ccc(C(=O)O)c(O)c2)C1. The molecule has 1 aliphatic rings. The van der Waals surface area contributed by atoms with Crippen LogP contribution in [0, 0.1) is 0 Å². The van der Waals surface area contributed by atoms with Crippen LogP contribution in [0.3, 0.4) is 0 Å². The number of rotatable bonds is 2. The van der Waals surface area contributed by atoms with Gasteiger partial charge in [-0.25, -0.2) is 4.79 Å². The molecular formula is C11H12N2O4. The molecule has 1 saturated heterocycles. The largest absolute Gasteiger partial charge is 0.507 e. The number of nitrogens with zero attached hydrogens (tertiary/aromatic N) is 1. The van der Waals surface area contributed by atoms with Crippen molar-refractivity contribution in [1.29, 1.82) is 0 Å². The highest BCUT2D eigenvalue weighted by molar-refractivity contribution is 5.98. The Kier molecular flexibility index (Phi) is 2.72. The molecule has 0 radical (unpaired) electrons. The molecule has 1 aromatic rings. The van der Waals surface area contributed by atoms with Gasteiger partial charge in [0.2, 0.25) is 5.91 Å². The van der Waals surface area contributed by atoms with Gasteiger partial charge in [-0.15, -0.1) is 0 Å². The second-order valence-corrected chi connectivity index (χ2v) is 3.98. The molecule has 1 unspecified atom stereocenters. The normalized spacial score (nSPS) is 19.7. The quantitative estimate of drug-likeness (QED) is 0.678. The van der Waals surface area contributed by atoms with Crippen molar-refractivity contribution in [2.75, 3.05) is 11.4 Å². The number of aromatic hydroxyl groups is 1. The predicted octanol–water partition coefficient (Wildman–Crippen LogP) is 0.154. The summed E-state index contributed by atoms with van der Waals surface area (Å²) in [6.45, 7) is 0.380. The average Bonchev–Trinajstić information content (AvgIpc) is 2.57. The zero-order valence-corrected chi connectivity index (χ0v) is 8.96. The highest BCUT2D eigenvalue weighted by Crippen LogP contribution is 2.27. The number of phenols is 1. The lowest BCUT2D eigenvalue weighted by Crippen LogP contribution is -2.27. The van der Waals surface area contributed by atoms with Gasteiger partial charge in [-0.3, -0.25) is 4.79 Å². The number of hydrogen-bond donors (Lipinski definition) is 3. The average molecular weight is 236 g/mol. The standard InChI is InChI=1S/C11H12N2O4/c12-6-3-10(15)13(5-6)7-1-2-8(11(16)17)9(14)4-7/h1-2,4,6,14H,3,5,12H2,(H,16,17). The molecule has 1 fully saturated rings. The first-order valence-corrected chi connectivity index (χ1v) is 5.11. The first-order valence-electron chi connectivity index (χ1n) is 5.11. The van der Waals surface area contributed by atoms with E-state index in [-0.39, 0.29) is 29.7 Å². The summed E-state index contributed by atoms with van der Waals surface area (Å²) in [5.74, 6) is -1.69. The minimum absolute atomic E-state index is 0.125. The number of hydrogen-bond acceptors (Lipinski definition) is 4. The van der Waals surface area contributed by atoms with Crippen LogP contribution in [-0.2, 0) is 4.79 Å². The lowest BCUT2D eigenvalue weighted by atomic mass is 10.1. The minimum atomic E-state index is -1.21. The van der Waals surface area contributed by atoms with Gasteiger partial charge in [0.25, 0.3) is 0 Å². The minimum Gasteiger partial charge on any atom is -0.507 e. The maximum Gasteiger partial charge on any atom is 0.339 e. The lowest BCUT2D eigenvalue weighted by molar-refractivity contribution is -0.117. The summed E-state index contributed by atoms with van der Waals surface area (Å²) < 4.78 is 0. The maximum atomic E-state index is 11.6. The number of amides is 1.